The van der Waals surface area contributed by atoms with E-state index in [-0.39, 0.29) is 16.3 Å². The molecule has 0 aliphatic carbocycles. The second-order valence-corrected chi connectivity index (χ2v) is 7.28. The molecule has 0 saturated carbocycles. The summed E-state index contributed by atoms with van der Waals surface area (Å²) in [7, 11) is -3.70. The van der Waals surface area contributed by atoms with E-state index in [1.807, 2.05) is 0 Å². The Balaban J connectivity index is 2.04. The SMILES string of the molecule is O=[N+]([O-])c1cc(S(=O)(=O)N2CCCCC2)ccc1-n1ccnc1. The maximum absolute atomic E-state index is 12.6. The summed E-state index contributed by atoms with van der Waals surface area (Å²) in [4.78, 5) is 14.6. The maximum Gasteiger partial charge on any atom is 0.294 e. The molecule has 1 aromatic heterocycles. The van der Waals surface area contributed by atoms with Crippen LogP contribution in [0.2, 0.25) is 0 Å². The molecule has 8 nitrogen and oxygen atoms in total. The molecular weight excluding hydrogens is 320 g/mol. The molecule has 2 heterocycles. The van der Waals surface area contributed by atoms with Crippen LogP contribution in [0.25, 0.3) is 5.69 Å². The number of aromatic nitrogens is 2. The molecule has 2 aromatic rings. The van der Waals surface area contributed by atoms with Crippen molar-refractivity contribution in [1.82, 2.24) is 13.9 Å². The van der Waals surface area contributed by atoms with Gasteiger partial charge >= 0.3 is 0 Å². The highest BCUT2D eigenvalue weighted by molar-refractivity contribution is 7.89. The van der Waals surface area contributed by atoms with Crippen LogP contribution in [-0.2, 0) is 10.0 Å². The molecule has 9 heteroatoms. The van der Waals surface area contributed by atoms with Crippen LogP contribution in [0.3, 0.4) is 0 Å². The molecule has 0 radical (unpaired) electrons. The molecule has 0 spiro atoms. The lowest BCUT2D eigenvalue weighted by Gasteiger charge is -2.25. The van der Waals surface area contributed by atoms with Crippen LogP contribution in [0, 0.1) is 10.1 Å². The predicted molar refractivity (Wildman–Crippen MR) is 82.8 cm³/mol. The van der Waals surface area contributed by atoms with Gasteiger partial charge in [0, 0.05) is 31.5 Å². The van der Waals surface area contributed by atoms with Crippen molar-refractivity contribution in [3.05, 3.63) is 47.0 Å². The standard InChI is InChI=1S/C14H16N4O4S/c19-18(20)14-10-12(4-5-13(14)16-9-6-15-11-16)23(21,22)17-7-2-1-3-8-17/h4-6,9-11H,1-3,7-8H2. The topological polar surface area (TPSA) is 98.3 Å². The van der Waals surface area contributed by atoms with E-state index < -0.39 is 14.9 Å². The molecule has 0 amide bonds. The Morgan fingerprint density at radius 3 is 2.52 bits per heavy atom. The Bertz CT molecular complexity index is 811. The second kappa shape index (κ2) is 6.09. The molecule has 0 atom stereocenters. The molecule has 1 aromatic carbocycles. The van der Waals surface area contributed by atoms with Crippen molar-refractivity contribution >= 4 is 15.7 Å². The van der Waals surface area contributed by atoms with Gasteiger partial charge < -0.3 is 4.57 Å². The fraction of sp³-hybridized carbons (Fsp3) is 0.357. The number of imidazole rings is 1. The van der Waals surface area contributed by atoms with Crippen molar-refractivity contribution in [3.63, 3.8) is 0 Å². The predicted octanol–water partition coefficient (Wildman–Crippen LogP) is 1.96. The molecule has 0 bridgehead atoms. The lowest BCUT2D eigenvalue weighted by Crippen LogP contribution is -2.35. The Morgan fingerprint density at radius 1 is 1.17 bits per heavy atom. The molecule has 1 saturated heterocycles. The molecule has 1 fully saturated rings. The van der Waals surface area contributed by atoms with Crippen LogP contribution in [0.1, 0.15) is 19.3 Å². The molecule has 23 heavy (non-hydrogen) atoms. The van der Waals surface area contributed by atoms with Crippen LogP contribution in [0.5, 0.6) is 0 Å². The fourth-order valence-electron chi connectivity index (χ4n) is 2.68. The third-order valence-corrected chi connectivity index (χ3v) is 5.77. The monoisotopic (exact) mass is 336 g/mol. The molecular formula is C14H16N4O4S. The van der Waals surface area contributed by atoms with Crippen LogP contribution in [0.15, 0.2) is 41.8 Å². The first-order valence-corrected chi connectivity index (χ1v) is 8.71. The van der Waals surface area contributed by atoms with E-state index in [9.17, 15) is 18.5 Å². The van der Waals surface area contributed by atoms with Gasteiger partial charge in [0.2, 0.25) is 10.0 Å². The first-order valence-electron chi connectivity index (χ1n) is 7.27. The molecule has 1 aliphatic rings. The van der Waals surface area contributed by atoms with Crippen molar-refractivity contribution in [2.24, 2.45) is 0 Å². The average Bonchev–Trinajstić information content (AvgIpc) is 3.09. The van der Waals surface area contributed by atoms with Gasteiger partial charge in [-0.1, -0.05) is 6.42 Å². The van der Waals surface area contributed by atoms with Crippen molar-refractivity contribution in [2.45, 2.75) is 24.2 Å². The minimum atomic E-state index is -3.70. The number of nitrogens with zero attached hydrogens (tertiary/aromatic N) is 4. The van der Waals surface area contributed by atoms with E-state index in [0.29, 0.717) is 13.1 Å². The summed E-state index contributed by atoms with van der Waals surface area (Å²) in [6, 6.07) is 3.97. The number of nitro benzene ring substituents is 1. The van der Waals surface area contributed by atoms with E-state index in [1.54, 1.807) is 6.20 Å². The van der Waals surface area contributed by atoms with Gasteiger partial charge in [0.15, 0.2) is 0 Å². The Morgan fingerprint density at radius 2 is 1.91 bits per heavy atom. The van der Waals surface area contributed by atoms with Crippen LogP contribution in [-0.4, -0.2) is 40.3 Å². The molecule has 3 rings (SSSR count). The minimum absolute atomic E-state index is 0.0463. The number of hydrogen-bond acceptors (Lipinski definition) is 5. The molecule has 0 N–H and O–H groups in total. The van der Waals surface area contributed by atoms with E-state index in [0.717, 1.165) is 25.3 Å². The van der Waals surface area contributed by atoms with Gasteiger partial charge in [-0.3, -0.25) is 10.1 Å². The molecule has 1 aliphatic heterocycles. The zero-order chi connectivity index (χ0) is 16.4. The van der Waals surface area contributed by atoms with Gasteiger partial charge in [0.05, 0.1) is 16.1 Å². The summed E-state index contributed by atoms with van der Waals surface area (Å²) in [6.45, 7) is 0.915. The third kappa shape index (κ3) is 2.97. The summed E-state index contributed by atoms with van der Waals surface area (Å²) in [5, 5.41) is 11.3. The lowest BCUT2D eigenvalue weighted by atomic mass is 10.2. The van der Waals surface area contributed by atoms with E-state index in [2.05, 4.69) is 4.98 Å². The highest BCUT2D eigenvalue weighted by Crippen LogP contribution is 2.28. The van der Waals surface area contributed by atoms with Crippen molar-refractivity contribution in [3.8, 4) is 5.69 Å². The minimum Gasteiger partial charge on any atom is -0.300 e. The van der Waals surface area contributed by atoms with Crippen molar-refractivity contribution in [1.29, 1.82) is 0 Å². The van der Waals surface area contributed by atoms with E-state index >= 15 is 0 Å². The summed E-state index contributed by atoms with van der Waals surface area (Å²) in [5.41, 5.74) is 0.0196. The zero-order valence-electron chi connectivity index (χ0n) is 12.3. The maximum atomic E-state index is 12.6. The normalized spacial score (nSPS) is 16.3. The van der Waals surface area contributed by atoms with Gasteiger partial charge in [0.25, 0.3) is 5.69 Å². The highest BCUT2D eigenvalue weighted by Gasteiger charge is 2.28. The van der Waals surface area contributed by atoms with Gasteiger partial charge in [-0.05, 0) is 25.0 Å². The first kappa shape index (κ1) is 15.6. The number of hydrogen-bond donors (Lipinski definition) is 0. The van der Waals surface area contributed by atoms with Gasteiger partial charge in [-0.15, -0.1) is 0 Å². The van der Waals surface area contributed by atoms with E-state index in [1.165, 1.54) is 33.5 Å². The van der Waals surface area contributed by atoms with Gasteiger partial charge in [-0.25, -0.2) is 13.4 Å². The summed E-state index contributed by atoms with van der Waals surface area (Å²) in [5.74, 6) is 0. The fourth-order valence-corrected chi connectivity index (χ4v) is 4.22. The van der Waals surface area contributed by atoms with E-state index in [4.69, 9.17) is 0 Å². The van der Waals surface area contributed by atoms with Crippen molar-refractivity contribution in [2.75, 3.05) is 13.1 Å². The first-order chi connectivity index (χ1) is 11.0. The van der Waals surface area contributed by atoms with Gasteiger partial charge in [-0.2, -0.15) is 4.31 Å². The quantitative estimate of drug-likeness (QED) is 0.628. The smallest absolute Gasteiger partial charge is 0.294 e. The molecule has 122 valence electrons. The van der Waals surface area contributed by atoms with Crippen molar-refractivity contribution < 1.29 is 13.3 Å². The van der Waals surface area contributed by atoms with Gasteiger partial charge in [0.1, 0.15) is 5.69 Å². The third-order valence-electron chi connectivity index (χ3n) is 3.88. The number of rotatable bonds is 4. The number of sulfonamides is 1. The lowest BCUT2D eigenvalue weighted by molar-refractivity contribution is -0.384. The second-order valence-electron chi connectivity index (χ2n) is 5.34. The van der Waals surface area contributed by atoms with Crippen LogP contribution >= 0.6 is 0 Å². The Hall–Kier alpha value is -2.26. The summed E-state index contributed by atoms with van der Waals surface area (Å²) < 4.78 is 28.2. The highest BCUT2D eigenvalue weighted by atomic mass is 32.2. The Labute approximate surface area is 133 Å². The number of nitro groups is 1. The largest absolute Gasteiger partial charge is 0.300 e. The summed E-state index contributed by atoms with van der Waals surface area (Å²) in [6.07, 6.45) is 7.14. The zero-order valence-corrected chi connectivity index (χ0v) is 13.1. The summed E-state index contributed by atoms with van der Waals surface area (Å²) >= 11 is 0. The average molecular weight is 336 g/mol. The molecule has 0 unspecified atom stereocenters. The van der Waals surface area contributed by atoms with Crippen LogP contribution in [0.4, 0.5) is 5.69 Å². The number of benzene rings is 1. The number of piperidine rings is 1. The Kier molecular flexibility index (Phi) is 4.14. The van der Waals surface area contributed by atoms with Crippen LogP contribution < -0.4 is 0 Å².